The van der Waals surface area contributed by atoms with Gasteiger partial charge in [-0.25, -0.2) is 9.78 Å². The van der Waals surface area contributed by atoms with Gasteiger partial charge in [-0.2, -0.15) is 0 Å². The van der Waals surface area contributed by atoms with Gasteiger partial charge in [-0.15, -0.1) is 0 Å². The minimum atomic E-state index is -0.900. The van der Waals surface area contributed by atoms with Crippen molar-refractivity contribution in [3.8, 4) is 0 Å². The summed E-state index contributed by atoms with van der Waals surface area (Å²) in [5.74, 6) is 0.648. The maximum absolute atomic E-state index is 12.5. The third-order valence-corrected chi connectivity index (χ3v) is 6.50. The average molecular weight is 521 g/mol. The molecule has 158 valence electrons. The summed E-state index contributed by atoms with van der Waals surface area (Å²) in [6.45, 7) is 6.71. The molecule has 0 radical (unpaired) electrons. The summed E-state index contributed by atoms with van der Waals surface area (Å²) < 4.78 is 0.833. The molecule has 0 aromatic carbocycles. The summed E-state index contributed by atoms with van der Waals surface area (Å²) in [6.07, 6.45) is 5.72. The summed E-state index contributed by atoms with van der Waals surface area (Å²) in [6, 6.07) is 1.53. The second-order valence-electron chi connectivity index (χ2n) is 8.75. The zero-order valence-electron chi connectivity index (χ0n) is 17.1. The van der Waals surface area contributed by atoms with Crippen molar-refractivity contribution in [1.29, 1.82) is 0 Å². The summed E-state index contributed by atoms with van der Waals surface area (Å²) in [5, 5.41) is 15.3. The van der Waals surface area contributed by atoms with Crippen LogP contribution in [0.3, 0.4) is 0 Å². The van der Waals surface area contributed by atoms with Crippen LogP contribution >= 0.6 is 22.6 Å². The first-order chi connectivity index (χ1) is 14.2. The second kappa shape index (κ2) is 7.68. The SMILES string of the molecule is CC(C)(C)C1[C@@H](Nc2nc3c(I)c[nH]c(=O)c3c3cnccc23)CCCN1C(=O)O. The molecule has 1 aliphatic rings. The van der Waals surface area contributed by atoms with Crippen LogP contribution in [0, 0.1) is 8.99 Å². The number of likely N-dealkylation sites (tertiary alicyclic amines) is 1. The summed E-state index contributed by atoms with van der Waals surface area (Å²) in [7, 11) is 0. The van der Waals surface area contributed by atoms with Crippen LogP contribution in [0.4, 0.5) is 10.6 Å². The normalized spacial score (nSPS) is 19.9. The molecule has 1 saturated heterocycles. The molecule has 1 amide bonds. The molecule has 3 N–H and O–H groups in total. The lowest BCUT2D eigenvalue weighted by molar-refractivity contribution is 0.0519. The van der Waals surface area contributed by atoms with Crippen LogP contribution in [0.1, 0.15) is 33.6 Å². The number of piperidine rings is 1. The Morgan fingerprint density at radius 1 is 1.37 bits per heavy atom. The van der Waals surface area contributed by atoms with Gasteiger partial charge < -0.3 is 20.3 Å². The number of carbonyl (C=O) groups is 1. The van der Waals surface area contributed by atoms with Crippen molar-refractivity contribution in [2.45, 2.75) is 45.7 Å². The predicted octanol–water partition coefficient (Wildman–Crippen LogP) is 4.04. The van der Waals surface area contributed by atoms with Gasteiger partial charge in [0.1, 0.15) is 5.82 Å². The zero-order valence-corrected chi connectivity index (χ0v) is 19.2. The highest BCUT2D eigenvalue weighted by Gasteiger charge is 2.42. The van der Waals surface area contributed by atoms with Gasteiger partial charge in [0, 0.05) is 41.9 Å². The van der Waals surface area contributed by atoms with E-state index < -0.39 is 6.09 Å². The molecule has 1 fully saturated rings. The van der Waals surface area contributed by atoms with E-state index in [1.54, 1.807) is 23.5 Å². The fourth-order valence-corrected chi connectivity index (χ4v) is 5.09. The number of amides is 1. The van der Waals surface area contributed by atoms with Gasteiger partial charge in [0.05, 0.1) is 20.5 Å². The Bertz CT molecular complexity index is 1190. The summed E-state index contributed by atoms with van der Waals surface area (Å²) in [4.78, 5) is 37.8. The van der Waals surface area contributed by atoms with Crippen LogP contribution in [0.5, 0.6) is 0 Å². The number of anilines is 1. The Morgan fingerprint density at radius 3 is 2.83 bits per heavy atom. The predicted molar refractivity (Wildman–Crippen MR) is 125 cm³/mol. The fraction of sp³-hybridized carbons (Fsp3) is 0.429. The number of fused-ring (bicyclic) bond motifs is 3. The Morgan fingerprint density at radius 2 is 2.13 bits per heavy atom. The first kappa shape index (κ1) is 20.8. The van der Waals surface area contributed by atoms with Crippen LogP contribution in [0.25, 0.3) is 21.7 Å². The van der Waals surface area contributed by atoms with Crippen molar-refractivity contribution in [3.63, 3.8) is 0 Å². The molecule has 0 spiro atoms. The third-order valence-electron chi connectivity index (χ3n) is 5.68. The van der Waals surface area contributed by atoms with Crippen LogP contribution in [-0.2, 0) is 0 Å². The Hall–Kier alpha value is -2.43. The maximum atomic E-state index is 12.5. The van der Waals surface area contributed by atoms with Gasteiger partial charge >= 0.3 is 6.09 Å². The standard InChI is InChI=1S/C21H24IN5O3/c1-21(2,3)17-14(5-4-8-27(17)20(29)30)25-18-11-6-7-23-9-12(11)15-16(26-18)13(22)10-24-19(15)28/h6-7,9-10,14,17H,4-5,8H2,1-3H3,(H,24,28)(H,25,26)(H,29,30)/t14-,17?/m0/s1. The summed E-state index contributed by atoms with van der Waals surface area (Å²) in [5.41, 5.74) is 0.154. The highest BCUT2D eigenvalue weighted by Crippen LogP contribution is 2.36. The summed E-state index contributed by atoms with van der Waals surface area (Å²) >= 11 is 2.16. The van der Waals surface area contributed by atoms with E-state index in [1.165, 1.54) is 0 Å². The van der Waals surface area contributed by atoms with E-state index in [0.29, 0.717) is 23.3 Å². The number of hydrogen-bond donors (Lipinski definition) is 3. The van der Waals surface area contributed by atoms with E-state index in [0.717, 1.165) is 27.2 Å². The molecule has 4 heterocycles. The van der Waals surface area contributed by atoms with Gasteiger partial charge in [0.15, 0.2) is 0 Å². The molecule has 4 rings (SSSR count). The molecule has 1 unspecified atom stereocenters. The third kappa shape index (κ3) is 3.59. The minimum Gasteiger partial charge on any atom is -0.465 e. The highest BCUT2D eigenvalue weighted by atomic mass is 127. The monoisotopic (exact) mass is 521 g/mol. The van der Waals surface area contributed by atoms with Crippen LogP contribution in [0.2, 0.25) is 0 Å². The van der Waals surface area contributed by atoms with E-state index in [4.69, 9.17) is 4.98 Å². The minimum absolute atomic E-state index is 0.101. The van der Waals surface area contributed by atoms with E-state index in [-0.39, 0.29) is 23.1 Å². The maximum Gasteiger partial charge on any atom is 0.407 e. The van der Waals surface area contributed by atoms with Gasteiger partial charge in [-0.3, -0.25) is 9.78 Å². The molecule has 8 nitrogen and oxygen atoms in total. The smallest absolute Gasteiger partial charge is 0.407 e. The number of aromatic amines is 1. The molecule has 1 aliphatic heterocycles. The van der Waals surface area contributed by atoms with Gasteiger partial charge in [0.25, 0.3) is 5.56 Å². The van der Waals surface area contributed by atoms with Crippen molar-refractivity contribution >= 4 is 56.2 Å². The van der Waals surface area contributed by atoms with Crippen molar-refractivity contribution < 1.29 is 9.90 Å². The number of carboxylic acid groups (broad SMARTS) is 1. The van der Waals surface area contributed by atoms with Crippen LogP contribution in [0.15, 0.2) is 29.5 Å². The molecule has 0 saturated carbocycles. The van der Waals surface area contributed by atoms with Crippen molar-refractivity contribution in [2.75, 3.05) is 11.9 Å². The van der Waals surface area contributed by atoms with Gasteiger partial charge in [0.2, 0.25) is 0 Å². The van der Waals surface area contributed by atoms with Crippen LogP contribution < -0.4 is 10.9 Å². The lowest BCUT2D eigenvalue weighted by atomic mass is 9.77. The molecular weight excluding hydrogens is 497 g/mol. The molecule has 9 heteroatoms. The number of aromatic nitrogens is 3. The number of nitrogens with one attached hydrogen (secondary N) is 2. The first-order valence-corrected chi connectivity index (χ1v) is 11.0. The molecule has 3 aromatic heterocycles. The van der Waals surface area contributed by atoms with Crippen molar-refractivity contribution in [3.05, 3.63) is 38.6 Å². The molecule has 0 aliphatic carbocycles. The first-order valence-electron chi connectivity index (χ1n) is 9.89. The Balaban J connectivity index is 1.88. The molecule has 30 heavy (non-hydrogen) atoms. The lowest BCUT2D eigenvalue weighted by Crippen LogP contribution is -2.58. The lowest BCUT2D eigenvalue weighted by Gasteiger charge is -2.47. The second-order valence-corrected chi connectivity index (χ2v) is 9.91. The molecule has 3 aromatic rings. The van der Waals surface area contributed by atoms with E-state index in [1.807, 2.05) is 6.07 Å². The van der Waals surface area contributed by atoms with Gasteiger partial charge in [-0.05, 0) is 46.9 Å². The van der Waals surface area contributed by atoms with E-state index >= 15 is 0 Å². The van der Waals surface area contributed by atoms with Gasteiger partial charge in [-0.1, -0.05) is 20.8 Å². The largest absolute Gasteiger partial charge is 0.465 e. The molecular formula is C21H24IN5O3. The van der Waals surface area contributed by atoms with E-state index in [2.05, 4.69) is 58.6 Å². The number of nitrogens with zero attached hydrogens (tertiary/aromatic N) is 3. The quantitative estimate of drug-likeness (QED) is 0.347. The van der Waals surface area contributed by atoms with Crippen molar-refractivity contribution in [1.82, 2.24) is 19.9 Å². The van der Waals surface area contributed by atoms with Crippen molar-refractivity contribution in [2.24, 2.45) is 5.41 Å². The fourth-order valence-electron chi connectivity index (χ4n) is 4.55. The Labute approximate surface area is 187 Å². The average Bonchev–Trinajstić information content (AvgIpc) is 2.69. The number of hydrogen-bond acceptors (Lipinski definition) is 5. The number of rotatable bonds is 2. The van der Waals surface area contributed by atoms with E-state index in [9.17, 15) is 14.7 Å². The highest BCUT2D eigenvalue weighted by molar-refractivity contribution is 14.1. The van der Waals surface area contributed by atoms with Crippen LogP contribution in [-0.4, -0.2) is 49.7 Å². The molecule has 2 atom stereocenters. The Kier molecular flexibility index (Phi) is 5.33. The number of halogens is 1. The molecule has 0 bridgehead atoms. The number of pyridine rings is 3. The topological polar surface area (TPSA) is 111 Å². The number of H-pyrrole nitrogens is 1. The zero-order chi connectivity index (χ0) is 21.6.